The predicted octanol–water partition coefficient (Wildman–Crippen LogP) is 6.27. The van der Waals surface area contributed by atoms with Crippen LogP contribution in [0.5, 0.6) is 0 Å². The quantitative estimate of drug-likeness (QED) is 0.507. The fraction of sp³-hybridized carbons (Fsp3) is 0.667. The van der Waals surface area contributed by atoms with Gasteiger partial charge in [-0.05, 0) is 35.8 Å². The van der Waals surface area contributed by atoms with Crippen molar-refractivity contribution in [3.05, 3.63) is 35.4 Å². The van der Waals surface area contributed by atoms with Crippen LogP contribution in [0.2, 0.25) is 0 Å². The van der Waals surface area contributed by atoms with Gasteiger partial charge < -0.3 is 0 Å². The second-order valence-electron chi connectivity index (χ2n) is 5.72. The summed E-state index contributed by atoms with van der Waals surface area (Å²) in [5.41, 5.74) is 3.18. The monoisotopic (exact) mass is 246 g/mol. The first-order valence-corrected chi connectivity index (χ1v) is 7.79. The summed E-state index contributed by atoms with van der Waals surface area (Å²) in [4.78, 5) is 0. The minimum absolute atomic E-state index is 0.713. The predicted molar refractivity (Wildman–Crippen MR) is 82.3 cm³/mol. The van der Waals surface area contributed by atoms with Crippen molar-refractivity contribution in [2.75, 3.05) is 0 Å². The van der Waals surface area contributed by atoms with Gasteiger partial charge in [-0.25, -0.2) is 0 Å². The lowest BCUT2D eigenvalue weighted by molar-refractivity contribution is 0.589. The highest BCUT2D eigenvalue weighted by atomic mass is 14.2. The fourth-order valence-electron chi connectivity index (χ4n) is 2.74. The Morgan fingerprint density at radius 1 is 0.778 bits per heavy atom. The number of hydrogen-bond donors (Lipinski definition) is 0. The fourth-order valence-corrected chi connectivity index (χ4v) is 2.74. The Labute approximate surface area is 114 Å². The van der Waals surface area contributed by atoms with Crippen molar-refractivity contribution in [2.24, 2.45) is 0 Å². The van der Waals surface area contributed by atoms with Gasteiger partial charge in [0.05, 0.1) is 0 Å². The molecule has 0 heteroatoms. The van der Waals surface area contributed by atoms with Crippen LogP contribution in [0.25, 0.3) is 0 Å². The Morgan fingerprint density at radius 2 is 1.17 bits per heavy atom. The average Bonchev–Trinajstić information content (AvgIpc) is 2.42. The summed E-state index contributed by atoms with van der Waals surface area (Å²) in [6.07, 6.45) is 7.95. The van der Waals surface area contributed by atoms with Crippen molar-refractivity contribution in [3.63, 3.8) is 0 Å². The van der Waals surface area contributed by atoms with Gasteiger partial charge in [0, 0.05) is 0 Å². The molecule has 0 saturated carbocycles. The molecule has 0 heterocycles. The highest BCUT2D eigenvalue weighted by Crippen LogP contribution is 2.31. The third-order valence-corrected chi connectivity index (χ3v) is 4.04. The lowest BCUT2D eigenvalue weighted by Crippen LogP contribution is -2.03. The van der Waals surface area contributed by atoms with Gasteiger partial charge in [-0.2, -0.15) is 0 Å². The molecule has 18 heavy (non-hydrogen) atoms. The largest absolute Gasteiger partial charge is 0.0654 e. The molecule has 1 aromatic carbocycles. The van der Waals surface area contributed by atoms with Gasteiger partial charge >= 0.3 is 0 Å². The molecule has 0 fully saturated rings. The van der Waals surface area contributed by atoms with E-state index in [9.17, 15) is 0 Å². The Balaban J connectivity index is 2.77. The number of unbranched alkanes of at least 4 members (excludes halogenated alkanes) is 2. The van der Waals surface area contributed by atoms with Gasteiger partial charge in [-0.1, -0.05) is 77.6 Å². The average molecular weight is 246 g/mol. The molecule has 0 aromatic heterocycles. The van der Waals surface area contributed by atoms with Crippen molar-refractivity contribution >= 4 is 0 Å². The van der Waals surface area contributed by atoms with Crippen LogP contribution in [-0.4, -0.2) is 0 Å². The number of hydrogen-bond acceptors (Lipinski definition) is 0. The van der Waals surface area contributed by atoms with Crippen molar-refractivity contribution in [2.45, 2.75) is 78.1 Å². The molecule has 0 saturated heterocycles. The molecule has 0 radical (unpaired) electrons. The van der Waals surface area contributed by atoms with Crippen molar-refractivity contribution < 1.29 is 0 Å². The summed E-state index contributed by atoms with van der Waals surface area (Å²) < 4.78 is 0. The van der Waals surface area contributed by atoms with Crippen LogP contribution < -0.4 is 0 Å². The Morgan fingerprint density at radius 3 is 1.50 bits per heavy atom. The molecule has 1 rings (SSSR count). The molecule has 0 nitrogen and oxygen atoms in total. The minimum Gasteiger partial charge on any atom is -0.0654 e. The zero-order valence-corrected chi connectivity index (χ0v) is 12.7. The molecule has 0 N–H and O–H groups in total. The van der Waals surface area contributed by atoms with Crippen LogP contribution in [-0.2, 0) is 0 Å². The zero-order chi connectivity index (χ0) is 13.4. The summed E-state index contributed by atoms with van der Waals surface area (Å²) in [6.45, 7) is 9.34. The molecular formula is C18H30. The molecule has 0 aliphatic heterocycles. The first-order chi connectivity index (χ1) is 8.70. The second-order valence-corrected chi connectivity index (χ2v) is 5.72. The molecule has 102 valence electrons. The van der Waals surface area contributed by atoms with Crippen molar-refractivity contribution in [3.8, 4) is 0 Å². The lowest BCUT2D eigenvalue weighted by Gasteiger charge is -2.20. The maximum atomic E-state index is 2.39. The van der Waals surface area contributed by atoms with E-state index in [1.807, 2.05) is 0 Å². The van der Waals surface area contributed by atoms with E-state index >= 15 is 0 Å². The van der Waals surface area contributed by atoms with E-state index in [1.54, 1.807) is 11.1 Å². The molecule has 0 bridgehead atoms. The number of rotatable bonds is 8. The standard InChI is InChI=1S/C18H30/c1-5-7-11-15(3)17-13-9-10-14-18(17)16(4)12-8-6-2/h9-10,13-16H,5-8,11-12H2,1-4H3. The first-order valence-electron chi connectivity index (χ1n) is 7.79. The second kappa shape index (κ2) is 8.34. The minimum atomic E-state index is 0.713. The topological polar surface area (TPSA) is 0 Å². The van der Waals surface area contributed by atoms with Crippen molar-refractivity contribution in [1.29, 1.82) is 0 Å². The van der Waals surface area contributed by atoms with Crippen LogP contribution in [0.3, 0.4) is 0 Å². The third kappa shape index (κ3) is 4.48. The van der Waals surface area contributed by atoms with Gasteiger partial charge in [-0.3, -0.25) is 0 Å². The third-order valence-electron chi connectivity index (χ3n) is 4.04. The molecule has 0 aliphatic rings. The smallest absolute Gasteiger partial charge is 0.0188 e. The highest BCUT2D eigenvalue weighted by molar-refractivity contribution is 5.32. The normalized spacial score (nSPS) is 14.4. The molecule has 2 atom stereocenters. The maximum Gasteiger partial charge on any atom is -0.0188 e. The Bertz CT molecular complexity index is 294. The molecule has 1 aromatic rings. The Hall–Kier alpha value is -0.780. The summed E-state index contributed by atoms with van der Waals surface area (Å²) >= 11 is 0. The van der Waals surface area contributed by atoms with Crippen LogP contribution in [0.1, 0.15) is 89.2 Å². The molecule has 0 aliphatic carbocycles. The van der Waals surface area contributed by atoms with Crippen molar-refractivity contribution in [1.82, 2.24) is 0 Å². The SMILES string of the molecule is CCCCC(C)c1ccccc1C(C)CCCC. The lowest BCUT2D eigenvalue weighted by atomic mass is 9.85. The van der Waals surface area contributed by atoms with Gasteiger partial charge in [0.1, 0.15) is 0 Å². The summed E-state index contributed by atoms with van der Waals surface area (Å²) in [6, 6.07) is 9.10. The van der Waals surface area contributed by atoms with Crippen LogP contribution in [0.4, 0.5) is 0 Å². The molecule has 0 spiro atoms. The van der Waals surface area contributed by atoms with E-state index < -0.39 is 0 Å². The van der Waals surface area contributed by atoms with Crippen LogP contribution in [0, 0.1) is 0 Å². The van der Waals surface area contributed by atoms with E-state index in [0.29, 0.717) is 11.8 Å². The summed E-state index contributed by atoms with van der Waals surface area (Å²) in [7, 11) is 0. The van der Waals surface area contributed by atoms with Gasteiger partial charge in [0.15, 0.2) is 0 Å². The van der Waals surface area contributed by atoms with Crippen LogP contribution in [0.15, 0.2) is 24.3 Å². The highest BCUT2D eigenvalue weighted by Gasteiger charge is 2.14. The maximum absolute atomic E-state index is 2.39. The molecule has 2 unspecified atom stereocenters. The summed E-state index contributed by atoms with van der Waals surface area (Å²) in [5.74, 6) is 1.43. The Kier molecular flexibility index (Phi) is 7.08. The van der Waals surface area contributed by atoms with Gasteiger partial charge in [-0.15, -0.1) is 0 Å². The summed E-state index contributed by atoms with van der Waals surface area (Å²) in [5, 5.41) is 0. The van der Waals surface area contributed by atoms with E-state index in [4.69, 9.17) is 0 Å². The van der Waals surface area contributed by atoms with Crippen LogP contribution >= 0.6 is 0 Å². The van der Waals surface area contributed by atoms with E-state index in [-0.39, 0.29) is 0 Å². The van der Waals surface area contributed by atoms with Gasteiger partial charge in [0.25, 0.3) is 0 Å². The van der Waals surface area contributed by atoms with E-state index in [2.05, 4.69) is 52.0 Å². The van der Waals surface area contributed by atoms with E-state index in [1.165, 1.54) is 38.5 Å². The van der Waals surface area contributed by atoms with Gasteiger partial charge in [0.2, 0.25) is 0 Å². The zero-order valence-electron chi connectivity index (χ0n) is 12.7. The first kappa shape index (κ1) is 15.3. The molecule has 0 amide bonds. The molecular weight excluding hydrogens is 216 g/mol. The van der Waals surface area contributed by atoms with E-state index in [0.717, 1.165) is 0 Å². The number of benzene rings is 1.